The average molecular weight is 526 g/mol. The second-order valence-corrected chi connectivity index (χ2v) is 9.52. The number of benzene rings is 2. The van der Waals surface area contributed by atoms with Crippen LogP contribution in [0.5, 0.6) is 5.75 Å². The number of carbonyl (C=O) groups is 1. The molecule has 1 saturated heterocycles. The molecule has 0 saturated carbocycles. The lowest BCUT2D eigenvalue weighted by molar-refractivity contribution is -0.116. The van der Waals surface area contributed by atoms with Crippen LogP contribution in [-0.4, -0.2) is 39.1 Å². The van der Waals surface area contributed by atoms with Crippen LogP contribution in [0.4, 0.5) is 5.69 Å². The summed E-state index contributed by atoms with van der Waals surface area (Å²) in [5, 5.41) is 7.16. The third-order valence-corrected chi connectivity index (χ3v) is 7.22. The van der Waals surface area contributed by atoms with E-state index in [9.17, 15) is 4.79 Å². The minimum atomic E-state index is -0.174. The average Bonchev–Trinajstić information content (AvgIpc) is 3.57. The first kappa shape index (κ1) is 25.5. The first-order chi connectivity index (χ1) is 18.6. The van der Waals surface area contributed by atoms with Gasteiger partial charge in [0.2, 0.25) is 5.91 Å². The van der Waals surface area contributed by atoms with Crippen LogP contribution >= 0.6 is 12.2 Å². The van der Waals surface area contributed by atoms with Crippen molar-refractivity contribution >= 4 is 28.9 Å². The molecule has 2 atom stereocenters. The van der Waals surface area contributed by atoms with Crippen molar-refractivity contribution in [3.8, 4) is 11.4 Å². The second-order valence-electron chi connectivity index (χ2n) is 9.13. The van der Waals surface area contributed by atoms with E-state index in [1.807, 2.05) is 79.0 Å². The molecular weight excluding hydrogens is 494 g/mol. The predicted molar refractivity (Wildman–Crippen MR) is 154 cm³/mol. The Morgan fingerprint density at radius 1 is 1.08 bits per heavy atom. The smallest absolute Gasteiger partial charge is 0.226 e. The SMILES string of the molecule is CCc1ccccc1NC(=O)CCN1C(=S)N[C@H](c2ccccn2)[C@H]1c1cccn1-c1cccc(OC)c1. The molecule has 0 spiro atoms. The largest absolute Gasteiger partial charge is 0.497 e. The Hall–Kier alpha value is -4.17. The maximum Gasteiger partial charge on any atom is 0.226 e. The molecule has 2 aromatic heterocycles. The number of nitrogens with one attached hydrogen (secondary N) is 2. The Morgan fingerprint density at radius 2 is 1.92 bits per heavy atom. The lowest BCUT2D eigenvalue weighted by Gasteiger charge is -2.29. The van der Waals surface area contributed by atoms with Gasteiger partial charge in [-0.25, -0.2) is 0 Å². The molecule has 4 aromatic rings. The molecule has 5 rings (SSSR count). The zero-order valence-electron chi connectivity index (χ0n) is 21.5. The van der Waals surface area contributed by atoms with E-state index in [4.69, 9.17) is 17.0 Å². The highest BCUT2D eigenvalue weighted by atomic mass is 32.1. The molecule has 0 aliphatic carbocycles. The number of ether oxygens (including phenoxy) is 1. The highest BCUT2D eigenvalue weighted by Crippen LogP contribution is 2.39. The van der Waals surface area contributed by atoms with Crippen molar-refractivity contribution in [1.29, 1.82) is 0 Å². The topological polar surface area (TPSA) is 71.4 Å². The first-order valence-electron chi connectivity index (χ1n) is 12.8. The molecule has 194 valence electrons. The molecule has 1 aliphatic heterocycles. The standard InChI is InChI=1S/C30H31N5O2S/c1-3-21-10-4-5-13-24(21)32-27(36)16-19-35-29(28(33-30(35)38)25-14-6-7-17-31-25)26-15-9-18-34(26)22-11-8-12-23(20-22)37-2/h4-15,17-18,20,28-29H,3,16,19H2,1-2H3,(H,32,36)(H,33,38)/t28-,29-/m1/s1. The fourth-order valence-corrected chi connectivity index (χ4v) is 5.32. The number of hydrogen-bond acceptors (Lipinski definition) is 4. The number of nitrogens with zero attached hydrogens (tertiary/aromatic N) is 3. The summed E-state index contributed by atoms with van der Waals surface area (Å²) in [5.41, 5.74) is 4.89. The molecule has 1 fully saturated rings. The molecule has 0 bridgehead atoms. The molecule has 0 unspecified atom stereocenters. The van der Waals surface area contributed by atoms with Gasteiger partial charge >= 0.3 is 0 Å². The minimum absolute atomic E-state index is 0.0445. The number of amides is 1. The summed E-state index contributed by atoms with van der Waals surface area (Å²) in [4.78, 5) is 19.8. The molecule has 2 aromatic carbocycles. The summed E-state index contributed by atoms with van der Waals surface area (Å²) in [6.45, 7) is 2.54. The summed E-state index contributed by atoms with van der Waals surface area (Å²) in [6.07, 6.45) is 4.98. The van der Waals surface area contributed by atoms with E-state index in [0.29, 0.717) is 18.1 Å². The summed E-state index contributed by atoms with van der Waals surface area (Å²) in [7, 11) is 1.66. The van der Waals surface area contributed by atoms with E-state index in [-0.39, 0.29) is 18.0 Å². The van der Waals surface area contributed by atoms with Gasteiger partial charge in [-0.2, -0.15) is 0 Å². The van der Waals surface area contributed by atoms with Gasteiger partial charge in [-0.05, 0) is 66.7 Å². The van der Waals surface area contributed by atoms with Crippen LogP contribution in [0.1, 0.15) is 42.4 Å². The number of aryl methyl sites for hydroxylation is 1. The normalized spacial score (nSPS) is 16.8. The van der Waals surface area contributed by atoms with E-state index >= 15 is 0 Å². The van der Waals surface area contributed by atoms with Gasteiger partial charge in [0, 0.05) is 48.5 Å². The maximum absolute atomic E-state index is 13.0. The van der Waals surface area contributed by atoms with Crippen LogP contribution in [-0.2, 0) is 11.2 Å². The summed E-state index contributed by atoms with van der Waals surface area (Å²) in [5.74, 6) is 0.737. The third-order valence-electron chi connectivity index (χ3n) is 6.86. The Balaban J connectivity index is 1.44. The van der Waals surface area contributed by atoms with E-state index in [2.05, 4.69) is 38.1 Å². The third kappa shape index (κ3) is 5.26. The molecular formula is C30H31N5O2S. The van der Waals surface area contributed by atoms with Crippen molar-refractivity contribution in [2.24, 2.45) is 0 Å². The number of pyridine rings is 1. The van der Waals surface area contributed by atoms with Gasteiger partial charge < -0.3 is 24.8 Å². The molecule has 0 radical (unpaired) electrons. The van der Waals surface area contributed by atoms with Crippen LogP contribution in [0.2, 0.25) is 0 Å². The molecule has 1 amide bonds. The van der Waals surface area contributed by atoms with Gasteiger partial charge in [-0.3, -0.25) is 9.78 Å². The van der Waals surface area contributed by atoms with Gasteiger partial charge in [0.15, 0.2) is 5.11 Å². The van der Waals surface area contributed by atoms with Crippen molar-refractivity contribution < 1.29 is 9.53 Å². The van der Waals surface area contributed by atoms with Gasteiger partial charge in [-0.1, -0.05) is 37.3 Å². The number of rotatable bonds is 9. The summed E-state index contributed by atoms with van der Waals surface area (Å²) >= 11 is 5.82. The number of anilines is 1. The Labute approximate surface area is 228 Å². The van der Waals surface area contributed by atoms with Crippen molar-refractivity contribution in [3.63, 3.8) is 0 Å². The van der Waals surface area contributed by atoms with Crippen molar-refractivity contribution in [2.75, 3.05) is 19.0 Å². The Kier molecular flexibility index (Phi) is 7.70. The van der Waals surface area contributed by atoms with E-state index < -0.39 is 0 Å². The monoisotopic (exact) mass is 525 g/mol. The lowest BCUT2D eigenvalue weighted by atomic mass is 10.0. The van der Waals surface area contributed by atoms with Crippen LogP contribution < -0.4 is 15.4 Å². The minimum Gasteiger partial charge on any atom is -0.497 e. The molecule has 8 heteroatoms. The quantitative estimate of drug-likeness (QED) is 0.284. The molecule has 38 heavy (non-hydrogen) atoms. The van der Waals surface area contributed by atoms with E-state index in [1.54, 1.807) is 13.3 Å². The number of methoxy groups -OCH3 is 1. The van der Waals surface area contributed by atoms with Crippen LogP contribution in [0.15, 0.2) is 91.3 Å². The number of carbonyl (C=O) groups excluding carboxylic acids is 1. The maximum atomic E-state index is 13.0. The van der Waals surface area contributed by atoms with Crippen molar-refractivity contribution in [2.45, 2.75) is 31.8 Å². The zero-order valence-corrected chi connectivity index (χ0v) is 22.3. The molecule has 7 nitrogen and oxygen atoms in total. The molecule has 3 heterocycles. The zero-order chi connectivity index (χ0) is 26.5. The van der Waals surface area contributed by atoms with Gasteiger partial charge in [-0.15, -0.1) is 0 Å². The first-order valence-corrected chi connectivity index (χ1v) is 13.2. The van der Waals surface area contributed by atoms with Crippen molar-refractivity contribution in [1.82, 2.24) is 19.8 Å². The van der Waals surface area contributed by atoms with Gasteiger partial charge in [0.1, 0.15) is 5.75 Å². The fraction of sp³-hybridized carbons (Fsp3) is 0.233. The summed E-state index contributed by atoms with van der Waals surface area (Å²) < 4.78 is 7.61. The number of aromatic nitrogens is 2. The highest BCUT2D eigenvalue weighted by Gasteiger charge is 2.41. The number of thiocarbonyl (C=S) groups is 1. The van der Waals surface area contributed by atoms with Crippen LogP contribution in [0, 0.1) is 0 Å². The van der Waals surface area contributed by atoms with Crippen LogP contribution in [0.3, 0.4) is 0 Å². The number of para-hydroxylation sites is 1. The highest BCUT2D eigenvalue weighted by molar-refractivity contribution is 7.80. The second kappa shape index (κ2) is 11.5. The van der Waals surface area contributed by atoms with Gasteiger partial charge in [0.05, 0.1) is 24.9 Å². The lowest BCUT2D eigenvalue weighted by Crippen LogP contribution is -2.33. The van der Waals surface area contributed by atoms with E-state index in [1.165, 1.54) is 0 Å². The van der Waals surface area contributed by atoms with Gasteiger partial charge in [0.25, 0.3) is 0 Å². The van der Waals surface area contributed by atoms with Crippen molar-refractivity contribution in [3.05, 3.63) is 108 Å². The summed E-state index contributed by atoms with van der Waals surface area (Å²) in [6, 6.07) is 25.5. The molecule has 2 N–H and O–H groups in total. The van der Waals surface area contributed by atoms with E-state index in [0.717, 1.165) is 40.5 Å². The molecule has 1 aliphatic rings. The fourth-order valence-electron chi connectivity index (χ4n) is 4.98. The Bertz CT molecular complexity index is 1420. The van der Waals surface area contributed by atoms with Crippen LogP contribution in [0.25, 0.3) is 5.69 Å². The Morgan fingerprint density at radius 3 is 2.71 bits per heavy atom. The predicted octanol–water partition coefficient (Wildman–Crippen LogP) is 5.44. The number of hydrogen-bond donors (Lipinski definition) is 2.